The number of allylic oxidation sites excluding steroid dienone is 4. The van der Waals surface area contributed by atoms with Crippen LogP contribution in [0, 0.1) is 18.3 Å². The molecule has 0 saturated carbocycles. The molecule has 0 atom stereocenters. The number of hydrogen-bond acceptors (Lipinski definition) is 7. The van der Waals surface area contributed by atoms with Gasteiger partial charge in [0, 0.05) is 11.0 Å². The summed E-state index contributed by atoms with van der Waals surface area (Å²) in [5.74, 6) is -0.861. The van der Waals surface area contributed by atoms with Crippen LogP contribution >= 0.6 is 23.1 Å². The monoisotopic (exact) mass is 568 g/mol. The first-order valence-electron chi connectivity index (χ1n) is 12.7. The zero-order valence-corrected chi connectivity index (χ0v) is 23.4. The molecule has 40 heavy (non-hydrogen) atoms. The van der Waals surface area contributed by atoms with E-state index in [9.17, 15) is 20.0 Å². The van der Waals surface area contributed by atoms with Gasteiger partial charge in [0.2, 0.25) is 5.52 Å². The highest BCUT2D eigenvalue weighted by atomic mass is 32.2. The molecule has 0 unspecified atom stereocenters. The second-order valence-corrected chi connectivity index (χ2v) is 11.3. The number of fused-ring (bicyclic) bond motifs is 4. The van der Waals surface area contributed by atoms with Crippen molar-refractivity contribution in [2.24, 2.45) is 0 Å². The number of nitriles is 1. The van der Waals surface area contributed by atoms with Gasteiger partial charge >= 0.3 is 5.97 Å². The van der Waals surface area contributed by atoms with Gasteiger partial charge in [0.15, 0.2) is 6.54 Å². The van der Waals surface area contributed by atoms with Crippen molar-refractivity contribution in [3.63, 3.8) is 0 Å². The van der Waals surface area contributed by atoms with Crippen LogP contribution in [-0.4, -0.2) is 30.7 Å². The number of thiazole rings is 1. The van der Waals surface area contributed by atoms with E-state index >= 15 is 0 Å². The molecule has 0 fully saturated rings. The molecule has 0 radical (unpaired) electrons. The first kappa shape index (κ1) is 27.2. The Labute approximate surface area is 239 Å². The molecule has 1 aromatic heterocycles. The molecule has 1 N–H and O–H groups in total. The molecule has 0 aliphatic carbocycles. The highest BCUT2D eigenvalue weighted by Gasteiger charge is 2.25. The Hall–Kier alpha value is -4.39. The fourth-order valence-corrected chi connectivity index (χ4v) is 6.82. The normalized spacial score (nSPS) is 14.2. The van der Waals surface area contributed by atoms with Crippen molar-refractivity contribution in [2.45, 2.75) is 24.8 Å². The molecular formula is C31H26N3O4S2+. The van der Waals surface area contributed by atoms with Gasteiger partial charge in [-0.15, -0.1) is 0 Å². The second kappa shape index (κ2) is 12.2. The van der Waals surface area contributed by atoms with E-state index in [1.54, 1.807) is 35.3 Å². The Bertz CT molecular complexity index is 1750. The van der Waals surface area contributed by atoms with E-state index < -0.39 is 5.97 Å². The van der Waals surface area contributed by atoms with Gasteiger partial charge < -0.3 is 14.7 Å². The quantitative estimate of drug-likeness (QED) is 0.0799. The predicted molar refractivity (Wildman–Crippen MR) is 159 cm³/mol. The van der Waals surface area contributed by atoms with E-state index in [1.807, 2.05) is 47.9 Å². The fourth-order valence-electron chi connectivity index (χ4n) is 4.64. The number of carboxylic acids is 1. The number of carbonyl (C=O) groups is 2. The third kappa shape index (κ3) is 5.78. The van der Waals surface area contributed by atoms with Crippen molar-refractivity contribution < 1.29 is 24.0 Å². The molecule has 9 heteroatoms. The summed E-state index contributed by atoms with van der Waals surface area (Å²) in [7, 11) is 0. The summed E-state index contributed by atoms with van der Waals surface area (Å²) in [4.78, 5) is 25.3. The maximum atomic E-state index is 11.4. The Kier molecular flexibility index (Phi) is 8.29. The van der Waals surface area contributed by atoms with Gasteiger partial charge in [-0.25, -0.2) is 0 Å². The molecule has 4 aromatic rings. The average Bonchev–Trinajstić information content (AvgIpc) is 3.49. The number of anilines is 1. The first-order valence-corrected chi connectivity index (χ1v) is 14.3. The van der Waals surface area contributed by atoms with Crippen LogP contribution in [-0.2, 0) is 20.9 Å². The van der Waals surface area contributed by atoms with Crippen LogP contribution in [0.5, 0.6) is 0 Å². The fraction of sp³-hybridized carbons (Fsp3) is 0.161. The predicted octanol–water partition coefficient (Wildman–Crippen LogP) is 6.22. The summed E-state index contributed by atoms with van der Waals surface area (Å²) in [6.07, 6.45) is 7.31. The summed E-state index contributed by atoms with van der Waals surface area (Å²) in [6.45, 7) is 3.55. The Morgan fingerprint density at radius 1 is 1.20 bits per heavy atom. The van der Waals surface area contributed by atoms with Crippen LogP contribution in [0.25, 0.3) is 27.1 Å². The summed E-state index contributed by atoms with van der Waals surface area (Å²) in [5.41, 5.74) is 3.63. The van der Waals surface area contributed by atoms with Crippen molar-refractivity contribution in [3.05, 3.63) is 94.0 Å². The van der Waals surface area contributed by atoms with E-state index in [4.69, 9.17) is 4.74 Å². The molecule has 1 aliphatic heterocycles. The third-order valence-electron chi connectivity index (χ3n) is 6.49. The lowest BCUT2D eigenvalue weighted by Gasteiger charge is -2.19. The lowest BCUT2D eigenvalue weighted by Crippen LogP contribution is -2.36. The number of rotatable bonds is 10. The standard InChI is InChI=1S/C31H25N3O4S2/c1-21-6-10-26-25(18-21)33(16-17-38-20-35)28(39-26)12-7-22(19-32)8-13-29-34(15-14-30(36)37)31-24-5-3-2-4-23(24)9-11-27(31)40-29/h2-13,18,20H,14-17H2,1H3/p+1. The molecule has 2 heterocycles. The Balaban J connectivity index is 1.48. The number of aromatic nitrogens is 1. The topological polar surface area (TPSA) is 94.5 Å². The number of aliphatic carboxylic acids is 1. The van der Waals surface area contributed by atoms with Gasteiger partial charge in [0.1, 0.15) is 17.7 Å². The molecule has 200 valence electrons. The third-order valence-corrected chi connectivity index (χ3v) is 8.74. The van der Waals surface area contributed by atoms with Gasteiger partial charge in [-0.05, 0) is 60.4 Å². The van der Waals surface area contributed by atoms with E-state index in [-0.39, 0.29) is 13.0 Å². The number of nitrogens with zero attached hydrogens (tertiary/aromatic N) is 3. The van der Waals surface area contributed by atoms with E-state index in [1.165, 1.54) is 0 Å². The molecule has 0 bridgehead atoms. The maximum absolute atomic E-state index is 11.4. The summed E-state index contributed by atoms with van der Waals surface area (Å²) in [5, 5.41) is 23.2. The number of benzene rings is 3. The average molecular weight is 569 g/mol. The van der Waals surface area contributed by atoms with Crippen LogP contribution < -0.4 is 9.47 Å². The first-order chi connectivity index (χ1) is 19.5. The smallest absolute Gasteiger partial charge is 0.309 e. The van der Waals surface area contributed by atoms with Crippen molar-refractivity contribution in [1.82, 2.24) is 0 Å². The lowest BCUT2D eigenvalue weighted by molar-refractivity contribution is -0.667. The van der Waals surface area contributed by atoms with Gasteiger partial charge in [0.25, 0.3) is 11.5 Å². The van der Waals surface area contributed by atoms with Crippen LogP contribution in [0.15, 0.2) is 88.3 Å². The van der Waals surface area contributed by atoms with Gasteiger partial charge in [-0.1, -0.05) is 53.4 Å². The van der Waals surface area contributed by atoms with E-state index in [0.717, 1.165) is 47.2 Å². The van der Waals surface area contributed by atoms with Crippen molar-refractivity contribution in [1.29, 1.82) is 5.26 Å². The second-order valence-electron chi connectivity index (χ2n) is 9.13. The zero-order valence-electron chi connectivity index (χ0n) is 21.7. The van der Waals surface area contributed by atoms with Crippen LogP contribution in [0.4, 0.5) is 5.69 Å². The Morgan fingerprint density at radius 3 is 2.85 bits per heavy atom. The van der Waals surface area contributed by atoms with Gasteiger partial charge in [-0.3, -0.25) is 9.59 Å². The maximum Gasteiger partial charge on any atom is 0.309 e. The number of aryl methyl sites for hydroxylation is 2. The summed E-state index contributed by atoms with van der Waals surface area (Å²) >= 11 is 3.17. The van der Waals surface area contributed by atoms with Crippen LogP contribution in [0.2, 0.25) is 0 Å². The summed E-state index contributed by atoms with van der Waals surface area (Å²) < 4.78 is 8.03. The van der Waals surface area contributed by atoms with E-state index in [0.29, 0.717) is 25.1 Å². The van der Waals surface area contributed by atoms with Crippen molar-refractivity contribution in [3.8, 4) is 6.07 Å². The minimum absolute atomic E-state index is 0.00544. The molecule has 0 spiro atoms. The minimum Gasteiger partial charge on any atom is -0.481 e. The zero-order chi connectivity index (χ0) is 28.1. The largest absolute Gasteiger partial charge is 0.481 e. The van der Waals surface area contributed by atoms with Crippen molar-refractivity contribution >= 4 is 68.3 Å². The molecule has 1 aliphatic rings. The molecular weight excluding hydrogens is 542 g/mol. The number of carboxylic acid groups (broad SMARTS) is 1. The number of hydrogen-bond donors (Lipinski definition) is 1. The number of thioether (sulfide) groups is 1. The van der Waals surface area contributed by atoms with Gasteiger partial charge in [-0.2, -0.15) is 9.83 Å². The Morgan fingerprint density at radius 2 is 2.05 bits per heavy atom. The van der Waals surface area contributed by atoms with Gasteiger partial charge in [0.05, 0.1) is 34.3 Å². The van der Waals surface area contributed by atoms with Crippen molar-refractivity contribution in [2.75, 3.05) is 18.1 Å². The lowest BCUT2D eigenvalue weighted by atomic mass is 10.1. The molecule has 0 amide bonds. The van der Waals surface area contributed by atoms with Crippen LogP contribution in [0.3, 0.4) is 0 Å². The molecule has 3 aromatic carbocycles. The highest BCUT2D eigenvalue weighted by molar-refractivity contribution is 8.03. The SMILES string of the molecule is Cc1ccc2c(c1)N(CCOC=O)C(=CC=C(C#N)C=Cc1sc3ccc4ccccc4c3[n+]1CCC(=O)O)S2. The molecule has 5 rings (SSSR count). The number of ether oxygens (including phenoxy) is 1. The summed E-state index contributed by atoms with van der Waals surface area (Å²) in [6, 6.07) is 20.7. The van der Waals surface area contributed by atoms with E-state index in [2.05, 4.69) is 41.3 Å². The van der Waals surface area contributed by atoms with Crippen LogP contribution in [0.1, 0.15) is 17.0 Å². The minimum atomic E-state index is -0.861. The molecule has 0 saturated heterocycles. The highest BCUT2D eigenvalue weighted by Crippen LogP contribution is 2.46. The molecule has 7 nitrogen and oxygen atoms in total. The number of carbonyl (C=O) groups excluding carboxylic acids is 1.